The maximum absolute atomic E-state index is 13.0. The van der Waals surface area contributed by atoms with E-state index < -0.39 is 72.5 Å². The van der Waals surface area contributed by atoms with E-state index in [-0.39, 0.29) is 18.6 Å². The Morgan fingerprint density at radius 3 is 2.28 bits per heavy atom. The van der Waals surface area contributed by atoms with Crippen molar-refractivity contribution in [2.24, 2.45) is 0 Å². The predicted octanol–water partition coefficient (Wildman–Crippen LogP) is 2.21. The van der Waals surface area contributed by atoms with Crippen LogP contribution in [-0.4, -0.2) is 69.3 Å². The molecule has 204 valence electrons. The van der Waals surface area contributed by atoms with Crippen LogP contribution in [0.1, 0.15) is 59.8 Å². The van der Waals surface area contributed by atoms with Gasteiger partial charge in [-0.3, -0.25) is 13.9 Å². The second-order valence-electron chi connectivity index (χ2n) is 10.5. The van der Waals surface area contributed by atoms with Crippen LogP contribution >= 0.6 is 0 Å². The molecular weight excluding hydrogens is 482 g/mol. The zero-order valence-corrected chi connectivity index (χ0v) is 21.6. The second-order valence-corrected chi connectivity index (χ2v) is 10.5. The average Bonchev–Trinajstić information content (AvgIpc) is 3.11. The number of nitrogens with zero attached hydrogens (tertiary/aromatic N) is 2. The fraction of sp³-hybridized carbons (Fsp3) is 0.739. The number of carbonyl (C=O) groups is 2. The molecule has 1 unspecified atom stereocenters. The number of aryl methyl sites for hydroxylation is 1. The highest BCUT2D eigenvalue weighted by Crippen LogP contribution is 2.31. The van der Waals surface area contributed by atoms with E-state index in [1.54, 1.807) is 41.5 Å². The number of ether oxygens (including phenoxy) is 5. The largest absolute Gasteiger partial charge is 0.509 e. The lowest BCUT2D eigenvalue weighted by Crippen LogP contribution is -2.44. The van der Waals surface area contributed by atoms with Gasteiger partial charge in [-0.1, -0.05) is 0 Å². The van der Waals surface area contributed by atoms with Crippen LogP contribution in [0, 0.1) is 6.92 Å². The second kappa shape index (κ2) is 11.4. The fourth-order valence-corrected chi connectivity index (χ4v) is 3.36. The zero-order valence-electron chi connectivity index (χ0n) is 21.6. The molecule has 1 N–H and O–H groups in total. The lowest BCUT2D eigenvalue weighted by molar-refractivity contribution is -0.0824. The predicted molar refractivity (Wildman–Crippen MR) is 124 cm³/mol. The summed E-state index contributed by atoms with van der Waals surface area (Å²) >= 11 is 0. The Bertz CT molecular complexity index is 1050. The van der Waals surface area contributed by atoms with E-state index in [1.165, 1.54) is 13.1 Å². The molecular formula is C23H35FN2O10. The summed E-state index contributed by atoms with van der Waals surface area (Å²) in [5.74, 6) is 0. The topological polar surface area (TPSA) is 145 Å². The van der Waals surface area contributed by atoms with Crippen LogP contribution in [0.3, 0.4) is 0 Å². The fourth-order valence-electron chi connectivity index (χ4n) is 3.36. The Hall–Kier alpha value is -2.93. The molecule has 13 heteroatoms. The summed E-state index contributed by atoms with van der Waals surface area (Å²) in [5.41, 5.74) is -3.03. The number of aromatic nitrogens is 2. The smallest absolute Gasteiger partial charge is 0.431 e. The summed E-state index contributed by atoms with van der Waals surface area (Å²) in [4.78, 5) is 49.7. The molecule has 0 bridgehead atoms. The van der Waals surface area contributed by atoms with Crippen LogP contribution in [0.2, 0.25) is 0 Å². The summed E-state index contributed by atoms with van der Waals surface area (Å²) in [6.45, 7) is 9.34. The molecule has 0 radical (unpaired) electrons. The van der Waals surface area contributed by atoms with E-state index in [4.69, 9.17) is 23.7 Å². The lowest BCUT2D eigenvalue weighted by Gasteiger charge is -2.23. The molecule has 2 heterocycles. The van der Waals surface area contributed by atoms with Gasteiger partial charge in [-0.05, 0) is 48.5 Å². The van der Waals surface area contributed by atoms with Gasteiger partial charge >= 0.3 is 18.0 Å². The Morgan fingerprint density at radius 1 is 1.14 bits per heavy atom. The molecule has 0 saturated carbocycles. The Kier molecular flexibility index (Phi) is 9.29. The minimum absolute atomic E-state index is 0.0508. The van der Waals surface area contributed by atoms with E-state index >= 15 is 0 Å². The molecule has 1 aliphatic rings. The van der Waals surface area contributed by atoms with Crippen molar-refractivity contribution in [2.45, 2.75) is 97.2 Å². The number of hydrogen-bond acceptors (Lipinski definition) is 10. The standard InChI is InChI=1S/C23H35FN2O10/c1-13-10-25(19(29)26(18(13)28)11-14(27)9-24)17-8-15(34-21(31)36-23(5,6)7)16(33-17)12-32-20(30)35-22(2,3)4/h10,14-17,27H,8-9,11-12H2,1-7H3/t14?,15-,16+,17+/m0/s1/i24-1. The Balaban J connectivity index is 2.31. The van der Waals surface area contributed by atoms with Gasteiger partial charge < -0.3 is 28.8 Å². The highest BCUT2D eigenvalue weighted by Gasteiger charge is 2.41. The molecule has 2 rings (SSSR count). The van der Waals surface area contributed by atoms with Gasteiger partial charge in [0.25, 0.3) is 5.56 Å². The van der Waals surface area contributed by atoms with Crippen molar-refractivity contribution < 1.29 is 42.8 Å². The lowest BCUT2D eigenvalue weighted by atomic mass is 10.2. The maximum Gasteiger partial charge on any atom is 0.509 e. The van der Waals surface area contributed by atoms with Crippen molar-refractivity contribution in [3.05, 3.63) is 32.6 Å². The van der Waals surface area contributed by atoms with Crippen LogP contribution in [0.25, 0.3) is 0 Å². The molecule has 1 saturated heterocycles. The quantitative estimate of drug-likeness (QED) is 0.534. The third-order valence-corrected chi connectivity index (χ3v) is 4.82. The van der Waals surface area contributed by atoms with Crippen LogP contribution in [0.15, 0.2) is 15.8 Å². The van der Waals surface area contributed by atoms with Crippen molar-refractivity contribution in [1.29, 1.82) is 0 Å². The first-order valence-corrected chi connectivity index (χ1v) is 11.5. The van der Waals surface area contributed by atoms with E-state index in [0.717, 1.165) is 4.57 Å². The van der Waals surface area contributed by atoms with Gasteiger partial charge in [0, 0.05) is 18.2 Å². The van der Waals surface area contributed by atoms with Gasteiger partial charge in [-0.15, -0.1) is 0 Å². The summed E-state index contributed by atoms with van der Waals surface area (Å²) in [5, 5.41) is 9.64. The maximum atomic E-state index is 13.0. The minimum atomic E-state index is -1.55. The van der Waals surface area contributed by atoms with E-state index in [9.17, 15) is 28.7 Å². The molecule has 0 amide bonds. The van der Waals surface area contributed by atoms with Crippen molar-refractivity contribution in [1.82, 2.24) is 9.13 Å². The number of aliphatic hydroxyl groups is 1. The molecule has 12 nitrogen and oxygen atoms in total. The van der Waals surface area contributed by atoms with Gasteiger partial charge in [0.1, 0.15) is 49.0 Å². The van der Waals surface area contributed by atoms with Gasteiger partial charge in [0.2, 0.25) is 0 Å². The number of carbonyl (C=O) groups excluding carboxylic acids is 2. The molecule has 1 aliphatic heterocycles. The van der Waals surface area contributed by atoms with Gasteiger partial charge in [0.15, 0.2) is 0 Å². The minimum Gasteiger partial charge on any atom is -0.431 e. The normalized spacial score (nSPS) is 21.1. The molecule has 1 aromatic rings. The first-order valence-electron chi connectivity index (χ1n) is 11.5. The molecule has 0 spiro atoms. The molecule has 0 aromatic carbocycles. The molecule has 4 atom stereocenters. The van der Waals surface area contributed by atoms with Crippen LogP contribution in [0.4, 0.5) is 14.0 Å². The van der Waals surface area contributed by atoms with E-state index in [1.807, 2.05) is 0 Å². The highest BCUT2D eigenvalue weighted by atomic mass is 18.2. The zero-order chi connectivity index (χ0) is 27.4. The molecule has 1 aromatic heterocycles. The van der Waals surface area contributed by atoms with Crippen molar-refractivity contribution in [3.8, 4) is 0 Å². The number of alkyl halides is 1. The number of halogens is 1. The number of hydrogen-bond donors (Lipinski definition) is 1. The Labute approximate surface area is 207 Å². The van der Waals surface area contributed by atoms with Crippen LogP contribution in [0.5, 0.6) is 0 Å². The summed E-state index contributed by atoms with van der Waals surface area (Å²) in [6, 6.07) is 0. The Morgan fingerprint density at radius 2 is 1.72 bits per heavy atom. The van der Waals surface area contributed by atoms with Gasteiger partial charge in [-0.25, -0.2) is 18.8 Å². The average molecular weight is 518 g/mol. The monoisotopic (exact) mass is 517 g/mol. The van der Waals surface area contributed by atoms with Crippen molar-refractivity contribution in [3.63, 3.8) is 0 Å². The van der Waals surface area contributed by atoms with Crippen molar-refractivity contribution >= 4 is 12.3 Å². The number of rotatable bonds is 7. The molecule has 36 heavy (non-hydrogen) atoms. The number of aliphatic hydroxyl groups excluding tert-OH is 1. The van der Waals surface area contributed by atoms with Crippen molar-refractivity contribution in [2.75, 3.05) is 13.3 Å². The third-order valence-electron chi connectivity index (χ3n) is 4.82. The highest BCUT2D eigenvalue weighted by molar-refractivity contribution is 5.61. The SMILES string of the molecule is Cc1cn([C@H]2C[C@H](OC(=O)OC(C)(C)C)[C@@H](COC(=O)OC(C)(C)C)O2)c(=O)n(CC(O)C[18F])c1=O. The van der Waals surface area contributed by atoms with Gasteiger partial charge in [0.05, 0.1) is 6.54 Å². The van der Waals surface area contributed by atoms with E-state index in [0.29, 0.717) is 4.57 Å². The first-order chi connectivity index (χ1) is 16.5. The van der Waals surface area contributed by atoms with Crippen LogP contribution < -0.4 is 11.2 Å². The molecule has 1 fully saturated rings. The van der Waals surface area contributed by atoms with Crippen LogP contribution in [-0.2, 0) is 30.2 Å². The molecule has 0 aliphatic carbocycles. The third kappa shape index (κ3) is 8.33. The van der Waals surface area contributed by atoms with Gasteiger partial charge in [-0.2, -0.15) is 0 Å². The summed E-state index contributed by atoms with van der Waals surface area (Å²) in [6.07, 6.45) is -5.32. The van der Waals surface area contributed by atoms with E-state index in [2.05, 4.69) is 0 Å². The summed E-state index contributed by atoms with van der Waals surface area (Å²) < 4.78 is 41.3. The summed E-state index contributed by atoms with van der Waals surface area (Å²) in [7, 11) is 0. The first kappa shape index (κ1) is 29.3.